The molecule has 118 valence electrons. The molecule has 22 heavy (non-hydrogen) atoms. The smallest absolute Gasteiger partial charge is 0.227 e. The fourth-order valence-corrected chi connectivity index (χ4v) is 3.55. The molecule has 1 aliphatic carbocycles. The Labute approximate surface area is 130 Å². The van der Waals surface area contributed by atoms with Gasteiger partial charge in [0.05, 0.1) is 6.42 Å². The summed E-state index contributed by atoms with van der Waals surface area (Å²) in [6.07, 6.45) is 6.09. The normalized spacial score (nSPS) is 22.4. The molecule has 2 aliphatic rings. The van der Waals surface area contributed by atoms with E-state index in [1.807, 2.05) is 11.0 Å². The summed E-state index contributed by atoms with van der Waals surface area (Å²) in [6, 6.07) is 3.58. The molecule has 2 fully saturated rings. The zero-order chi connectivity index (χ0) is 15.6. The second kappa shape index (κ2) is 5.94. The van der Waals surface area contributed by atoms with Crippen molar-refractivity contribution in [2.24, 2.45) is 11.3 Å². The third-order valence-corrected chi connectivity index (χ3v) is 5.12. The number of nitrogens with two attached hydrogens (primary N) is 1. The van der Waals surface area contributed by atoms with Crippen LogP contribution in [0.15, 0.2) is 18.3 Å². The number of piperidine rings is 1. The van der Waals surface area contributed by atoms with Crippen LogP contribution in [0.4, 0.5) is 5.82 Å². The molecule has 1 saturated heterocycles. The molecule has 1 unspecified atom stereocenters. The number of anilines is 1. The van der Waals surface area contributed by atoms with E-state index in [1.54, 1.807) is 12.3 Å². The predicted octanol–water partition coefficient (Wildman–Crippen LogP) is 0.581. The van der Waals surface area contributed by atoms with Crippen molar-refractivity contribution in [2.45, 2.75) is 25.7 Å². The molecular formula is C16H22N4O2. The van der Waals surface area contributed by atoms with Gasteiger partial charge in [0, 0.05) is 25.8 Å². The third kappa shape index (κ3) is 3.05. The van der Waals surface area contributed by atoms with E-state index in [2.05, 4.69) is 10.3 Å². The highest BCUT2D eigenvalue weighted by Gasteiger charge is 2.54. The average Bonchev–Trinajstić information content (AvgIpc) is 3.20. The van der Waals surface area contributed by atoms with Crippen molar-refractivity contribution in [3.63, 3.8) is 0 Å². The van der Waals surface area contributed by atoms with Crippen LogP contribution in [-0.4, -0.2) is 41.8 Å². The van der Waals surface area contributed by atoms with Crippen LogP contribution < -0.4 is 11.1 Å². The first-order valence-corrected chi connectivity index (χ1v) is 7.78. The van der Waals surface area contributed by atoms with Crippen LogP contribution in [0.5, 0.6) is 0 Å². The number of nitrogens with one attached hydrogen (secondary N) is 1. The van der Waals surface area contributed by atoms with Gasteiger partial charge in [0.15, 0.2) is 0 Å². The highest BCUT2D eigenvalue weighted by atomic mass is 16.2. The molecule has 2 heterocycles. The summed E-state index contributed by atoms with van der Waals surface area (Å²) in [5, 5.41) is 2.77. The van der Waals surface area contributed by atoms with Crippen LogP contribution in [0, 0.1) is 11.3 Å². The van der Waals surface area contributed by atoms with Crippen LogP contribution >= 0.6 is 0 Å². The predicted molar refractivity (Wildman–Crippen MR) is 82.8 cm³/mol. The molecule has 6 heteroatoms. The van der Waals surface area contributed by atoms with Gasteiger partial charge in [-0.2, -0.15) is 0 Å². The van der Waals surface area contributed by atoms with E-state index in [0.717, 1.165) is 44.4 Å². The number of nitrogens with zero attached hydrogens (tertiary/aromatic N) is 2. The van der Waals surface area contributed by atoms with Crippen molar-refractivity contribution in [2.75, 3.05) is 25.4 Å². The van der Waals surface area contributed by atoms with Crippen molar-refractivity contribution in [1.29, 1.82) is 0 Å². The van der Waals surface area contributed by atoms with Crippen molar-refractivity contribution in [3.8, 4) is 0 Å². The number of rotatable bonds is 5. The monoisotopic (exact) mass is 302 g/mol. The number of amides is 2. The maximum Gasteiger partial charge on any atom is 0.227 e. The van der Waals surface area contributed by atoms with E-state index in [-0.39, 0.29) is 5.91 Å². The Kier molecular flexibility index (Phi) is 4.00. The summed E-state index contributed by atoms with van der Waals surface area (Å²) in [5.74, 6) is 1.22. The SMILES string of the molecule is Nc1ccc(CC(=O)N2CCC3(CC2)CC3CNC=O)cn1. The van der Waals surface area contributed by atoms with Crippen molar-refractivity contribution in [1.82, 2.24) is 15.2 Å². The summed E-state index contributed by atoms with van der Waals surface area (Å²) >= 11 is 0. The zero-order valence-corrected chi connectivity index (χ0v) is 12.6. The van der Waals surface area contributed by atoms with Gasteiger partial charge in [-0.15, -0.1) is 0 Å². The molecule has 1 atom stereocenters. The van der Waals surface area contributed by atoms with Crippen LogP contribution in [-0.2, 0) is 16.0 Å². The number of nitrogen functional groups attached to an aromatic ring is 1. The van der Waals surface area contributed by atoms with E-state index in [1.165, 1.54) is 6.42 Å². The first-order valence-electron chi connectivity index (χ1n) is 7.78. The van der Waals surface area contributed by atoms with Crippen LogP contribution in [0.3, 0.4) is 0 Å². The maximum atomic E-state index is 12.3. The van der Waals surface area contributed by atoms with E-state index >= 15 is 0 Å². The second-order valence-corrected chi connectivity index (χ2v) is 6.44. The first kappa shape index (κ1) is 14.8. The number of hydrogen-bond acceptors (Lipinski definition) is 4. The lowest BCUT2D eigenvalue weighted by Gasteiger charge is -2.33. The van der Waals surface area contributed by atoms with Crippen LogP contribution in [0.1, 0.15) is 24.8 Å². The lowest BCUT2D eigenvalue weighted by Crippen LogP contribution is -2.40. The van der Waals surface area contributed by atoms with Gasteiger partial charge < -0.3 is 16.0 Å². The van der Waals surface area contributed by atoms with E-state index in [4.69, 9.17) is 5.73 Å². The molecular weight excluding hydrogens is 280 g/mol. The third-order valence-electron chi connectivity index (χ3n) is 5.12. The number of pyridine rings is 1. The second-order valence-electron chi connectivity index (χ2n) is 6.44. The molecule has 0 bridgehead atoms. The fraction of sp³-hybridized carbons (Fsp3) is 0.562. The molecule has 2 amide bonds. The van der Waals surface area contributed by atoms with Gasteiger partial charge in [-0.25, -0.2) is 4.98 Å². The molecule has 1 aromatic rings. The Balaban J connectivity index is 1.48. The molecule has 3 rings (SSSR count). The highest BCUT2D eigenvalue weighted by Crippen LogP contribution is 2.58. The Morgan fingerprint density at radius 3 is 2.86 bits per heavy atom. The topological polar surface area (TPSA) is 88.3 Å². The Hall–Kier alpha value is -2.11. The number of aromatic nitrogens is 1. The van der Waals surface area contributed by atoms with Crippen molar-refractivity contribution < 1.29 is 9.59 Å². The lowest BCUT2D eigenvalue weighted by atomic mass is 9.90. The van der Waals surface area contributed by atoms with Gasteiger partial charge in [0.1, 0.15) is 5.82 Å². The minimum Gasteiger partial charge on any atom is -0.384 e. The molecule has 0 aromatic carbocycles. The van der Waals surface area contributed by atoms with Gasteiger partial charge in [0.2, 0.25) is 12.3 Å². The van der Waals surface area contributed by atoms with E-state index in [9.17, 15) is 9.59 Å². The largest absolute Gasteiger partial charge is 0.384 e. The molecule has 1 spiro atoms. The molecule has 6 nitrogen and oxygen atoms in total. The number of hydrogen-bond donors (Lipinski definition) is 2. The number of carbonyl (C=O) groups is 2. The van der Waals surface area contributed by atoms with Gasteiger partial charge in [-0.3, -0.25) is 9.59 Å². The van der Waals surface area contributed by atoms with Crippen LogP contribution in [0.25, 0.3) is 0 Å². The fourth-order valence-electron chi connectivity index (χ4n) is 3.55. The molecule has 3 N–H and O–H groups in total. The summed E-state index contributed by atoms with van der Waals surface area (Å²) in [7, 11) is 0. The summed E-state index contributed by atoms with van der Waals surface area (Å²) in [4.78, 5) is 28.7. The van der Waals surface area contributed by atoms with Gasteiger partial charge in [0.25, 0.3) is 0 Å². The number of carbonyl (C=O) groups excluding carboxylic acids is 2. The zero-order valence-electron chi connectivity index (χ0n) is 12.6. The van der Waals surface area contributed by atoms with E-state index < -0.39 is 0 Å². The standard InChI is InChI=1S/C16H22N4O2/c17-14-2-1-12(9-19-14)7-15(22)20-5-3-16(4-6-20)8-13(16)10-18-11-21/h1-2,9,11,13H,3-8,10H2,(H2,17,19)(H,18,21). The first-order chi connectivity index (χ1) is 10.6. The van der Waals surface area contributed by atoms with Gasteiger partial charge in [-0.1, -0.05) is 6.07 Å². The van der Waals surface area contributed by atoms with Gasteiger partial charge in [-0.05, 0) is 42.2 Å². The van der Waals surface area contributed by atoms with Crippen molar-refractivity contribution >= 4 is 18.1 Å². The minimum absolute atomic E-state index is 0.157. The maximum absolute atomic E-state index is 12.3. The lowest BCUT2D eigenvalue weighted by molar-refractivity contribution is -0.132. The molecule has 1 aliphatic heterocycles. The molecule has 1 saturated carbocycles. The number of likely N-dealkylation sites (tertiary alicyclic amines) is 1. The van der Waals surface area contributed by atoms with E-state index in [0.29, 0.717) is 23.6 Å². The average molecular weight is 302 g/mol. The molecule has 0 radical (unpaired) electrons. The molecule has 1 aromatic heterocycles. The summed E-state index contributed by atoms with van der Waals surface area (Å²) in [6.45, 7) is 2.41. The quantitative estimate of drug-likeness (QED) is 0.779. The van der Waals surface area contributed by atoms with Crippen LogP contribution in [0.2, 0.25) is 0 Å². The van der Waals surface area contributed by atoms with Crippen molar-refractivity contribution in [3.05, 3.63) is 23.9 Å². The summed E-state index contributed by atoms with van der Waals surface area (Å²) in [5.41, 5.74) is 6.82. The Morgan fingerprint density at radius 2 is 2.23 bits per heavy atom. The van der Waals surface area contributed by atoms with Gasteiger partial charge >= 0.3 is 0 Å². The minimum atomic E-state index is 0.157. The summed E-state index contributed by atoms with van der Waals surface area (Å²) < 4.78 is 0. The highest BCUT2D eigenvalue weighted by molar-refractivity contribution is 5.78. The Bertz CT molecular complexity index is 550. The Morgan fingerprint density at radius 1 is 1.45 bits per heavy atom.